The van der Waals surface area contributed by atoms with Crippen molar-refractivity contribution < 1.29 is 0 Å². The number of nitrogens with zero attached hydrogens (tertiary/aromatic N) is 3. The van der Waals surface area contributed by atoms with Crippen LogP contribution in [-0.4, -0.2) is 52.8 Å². The average Bonchev–Trinajstić information content (AvgIpc) is 3.72. The summed E-state index contributed by atoms with van der Waals surface area (Å²) in [4.78, 5) is 9.78. The van der Waals surface area contributed by atoms with E-state index in [2.05, 4.69) is 94.4 Å². The van der Waals surface area contributed by atoms with E-state index in [1.54, 1.807) is 10.8 Å². The Hall–Kier alpha value is -2.88. The lowest BCUT2D eigenvalue weighted by Crippen LogP contribution is -2.74. The first-order chi connectivity index (χ1) is 26.7. The summed E-state index contributed by atoms with van der Waals surface area (Å²) in [6.45, 7) is 3.29. The summed E-state index contributed by atoms with van der Waals surface area (Å²) >= 11 is 0. The number of anilines is 1. The highest BCUT2D eigenvalue weighted by Crippen LogP contribution is 2.67. The van der Waals surface area contributed by atoms with Gasteiger partial charge in [0, 0.05) is 53.8 Å². The second kappa shape index (κ2) is 12.1. The van der Waals surface area contributed by atoms with Crippen molar-refractivity contribution in [2.45, 2.75) is 158 Å². The molecular weight excluding hydrogens is 653 g/mol. The lowest BCUT2D eigenvalue weighted by Gasteiger charge is -2.69. The van der Waals surface area contributed by atoms with Crippen molar-refractivity contribution in [3.05, 3.63) is 84.2 Å². The van der Waals surface area contributed by atoms with E-state index in [1.807, 2.05) is 11.4 Å². The smallest absolute Gasteiger partial charge is 0.187 e. The van der Waals surface area contributed by atoms with E-state index >= 15 is 0 Å². The fourth-order valence-electron chi connectivity index (χ4n) is 17.6. The molecule has 3 aromatic rings. The largest absolute Gasteiger partial charge is 0.365 e. The summed E-state index contributed by atoms with van der Waals surface area (Å²) in [5, 5.41) is 3.03. The quantitative estimate of drug-likeness (QED) is 0.245. The van der Waals surface area contributed by atoms with E-state index in [0.29, 0.717) is 24.6 Å². The number of hydrogen-bond donors (Lipinski definition) is 0. The van der Waals surface area contributed by atoms with Crippen LogP contribution in [0.2, 0.25) is 11.6 Å². The lowest BCUT2D eigenvalue weighted by atomic mass is 9.22. The van der Waals surface area contributed by atoms with E-state index in [0.717, 1.165) is 71.4 Å². The Morgan fingerprint density at radius 1 is 0.556 bits per heavy atom. The molecule has 0 bridgehead atoms. The maximum atomic E-state index is 3.41. The van der Waals surface area contributed by atoms with Crippen molar-refractivity contribution >= 4 is 28.6 Å². The van der Waals surface area contributed by atoms with Gasteiger partial charge in [0.1, 0.15) is 5.82 Å². The predicted octanol–water partition coefficient (Wildman–Crippen LogP) is 10.5. The molecule has 3 nitrogen and oxygen atoms in total. The van der Waals surface area contributed by atoms with Crippen LogP contribution >= 0.6 is 0 Å². The molecule has 9 fully saturated rings. The Balaban J connectivity index is 1.02. The average molecular weight is 716 g/mol. The second-order valence-corrected chi connectivity index (χ2v) is 20.8. The first-order valence-electron chi connectivity index (χ1n) is 23.3. The van der Waals surface area contributed by atoms with Crippen molar-refractivity contribution in [2.75, 3.05) is 4.90 Å². The van der Waals surface area contributed by atoms with Crippen molar-refractivity contribution in [3.8, 4) is 0 Å². The second-order valence-electron chi connectivity index (χ2n) is 20.8. The summed E-state index contributed by atoms with van der Waals surface area (Å²) in [7, 11) is 0. The molecule has 15 atom stereocenters. The Bertz CT molecular complexity index is 1970. The Labute approximate surface area is 325 Å². The van der Waals surface area contributed by atoms with Crippen molar-refractivity contribution in [3.63, 3.8) is 0 Å². The topological polar surface area (TPSA) is 9.72 Å². The van der Waals surface area contributed by atoms with Gasteiger partial charge in [-0.3, -0.25) is 0 Å². The molecule has 3 aromatic carbocycles. The molecule has 280 valence electrons. The molecule has 4 aliphatic heterocycles. The number of benzene rings is 3. The summed E-state index contributed by atoms with van der Waals surface area (Å²) in [5.41, 5.74) is 5.24. The van der Waals surface area contributed by atoms with Crippen LogP contribution in [0.15, 0.2) is 84.2 Å². The van der Waals surface area contributed by atoms with Gasteiger partial charge in [-0.25, -0.2) is 0 Å². The van der Waals surface area contributed by atoms with Crippen LogP contribution in [0.4, 0.5) is 5.69 Å². The molecule has 6 aliphatic carbocycles. The summed E-state index contributed by atoms with van der Waals surface area (Å²) < 4.78 is 0. The summed E-state index contributed by atoms with van der Waals surface area (Å²) in [6, 6.07) is 33.3. The van der Waals surface area contributed by atoms with Crippen LogP contribution in [0, 0.1) is 41.4 Å². The highest BCUT2D eigenvalue weighted by Gasteiger charge is 2.68. The van der Waals surface area contributed by atoms with Gasteiger partial charge in [0.25, 0.3) is 0 Å². The maximum Gasteiger partial charge on any atom is 0.187 e. The minimum Gasteiger partial charge on any atom is -0.365 e. The molecule has 6 saturated carbocycles. The molecule has 15 unspecified atom stereocenters. The number of rotatable bonds is 2. The minimum atomic E-state index is 0.659. The van der Waals surface area contributed by atoms with Crippen molar-refractivity contribution in [1.82, 2.24) is 9.80 Å². The molecule has 4 heterocycles. The monoisotopic (exact) mass is 716 g/mol. The van der Waals surface area contributed by atoms with E-state index in [4.69, 9.17) is 0 Å². The molecule has 13 rings (SSSR count). The third kappa shape index (κ3) is 4.33. The summed E-state index contributed by atoms with van der Waals surface area (Å²) in [6.07, 6.45) is 23.2. The van der Waals surface area contributed by atoms with E-state index in [9.17, 15) is 0 Å². The molecule has 0 aromatic heterocycles. The van der Waals surface area contributed by atoms with Gasteiger partial charge < -0.3 is 14.7 Å². The number of para-hydroxylation sites is 1. The third-order valence-electron chi connectivity index (χ3n) is 18.9. The lowest BCUT2D eigenvalue weighted by molar-refractivity contribution is -0.109. The van der Waals surface area contributed by atoms with Crippen LogP contribution in [0.1, 0.15) is 110 Å². The standard InChI is InChI=1S/C50H62BN3/c1-30-26-33-15-9-20-37-47(33)46(27-30)53-43-23-11-14-32-24-25-40-49(48(32)43)54(50(37)53)45-28-38-36-19-7-8-22-42(36)52(34-16-3-2-4-17-34)44(38)29-41(45)51(40)39-21-10-13-31-12-5-6-18-35(31)39/h2-6,10,12-13,16-18,21,30,32-33,36,38,40-49H,7-9,11,14-15,19-20,22-29H2,1H3. The van der Waals surface area contributed by atoms with Gasteiger partial charge in [-0.2, -0.15) is 0 Å². The molecule has 54 heavy (non-hydrogen) atoms. The highest BCUT2D eigenvalue weighted by atomic mass is 15.4. The van der Waals surface area contributed by atoms with Gasteiger partial charge in [-0.05, 0) is 140 Å². The number of fused-ring (bicyclic) bond motifs is 10. The Morgan fingerprint density at radius 2 is 1.39 bits per heavy atom. The molecule has 0 N–H and O–H groups in total. The Kier molecular flexibility index (Phi) is 7.20. The fourth-order valence-corrected chi connectivity index (χ4v) is 17.6. The normalized spacial score (nSPS) is 44.3. The summed E-state index contributed by atoms with van der Waals surface area (Å²) in [5.74, 6) is 9.53. The van der Waals surface area contributed by atoms with E-state index in [-0.39, 0.29) is 0 Å². The Morgan fingerprint density at radius 3 is 2.33 bits per heavy atom. The molecule has 0 radical (unpaired) electrons. The van der Waals surface area contributed by atoms with Gasteiger partial charge in [0.05, 0.1) is 0 Å². The van der Waals surface area contributed by atoms with E-state index in [1.165, 1.54) is 114 Å². The van der Waals surface area contributed by atoms with Gasteiger partial charge >= 0.3 is 0 Å². The first-order valence-corrected chi connectivity index (χ1v) is 23.3. The van der Waals surface area contributed by atoms with Crippen molar-refractivity contribution in [1.29, 1.82) is 0 Å². The van der Waals surface area contributed by atoms with Gasteiger partial charge in [-0.15, -0.1) is 0 Å². The van der Waals surface area contributed by atoms with Crippen LogP contribution in [0.5, 0.6) is 0 Å². The van der Waals surface area contributed by atoms with Gasteiger partial charge in [0.2, 0.25) is 0 Å². The van der Waals surface area contributed by atoms with Crippen LogP contribution in [-0.2, 0) is 0 Å². The fraction of sp³-hybridized carbons (Fsp3) is 0.640. The maximum absolute atomic E-state index is 3.41. The zero-order valence-corrected chi connectivity index (χ0v) is 32.8. The van der Waals surface area contributed by atoms with Gasteiger partial charge in [-0.1, -0.05) is 105 Å². The number of hydrogen-bond acceptors (Lipinski definition) is 3. The SMILES string of the molecule is CC1CC2CCCC3=C4N(C(C1)C32)C1CCCC2CCC3B(c5cccc6ccccc56)C5CC6C(CC5N4C3C21)C1CCCCC1N6c1ccccc1. The molecule has 4 heteroatoms. The first kappa shape index (κ1) is 32.2. The predicted molar refractivity (Wildman–Crippen MR) is 223 cm³/mol. The molecule has 3 saturated heterocycles. The van der Waals surface area contributed by atoms with Crippen LogP contribution in [0.3, 0.4) is 0 Å². The molecular formula is C50H62BN3. The van der Waals surface area contributed by atoms with E-state index < -0.39 is 0 Å². The van der Waals surface area contributed by atoms with Crippen LogP contribution in [0.25, 0.3) is 10.8 Å². The highest BCUT2D eigenvalue weighted by molar-refractivity contribution is 6.78. The molecule has 10 aliphatic rings. The zero-order valence-electron chi connectivity index (χ0n) is 32.8. The third-order valence-corrected chi connectivity index (χ3v) is 18.9. The van der Waals surface area contributed by atoms with Crippen molar-refractivity contribution in [2.24, 2.45) is 41.4 Å². The zero-order chi connectivity index (χ0) is 35.2. The minimum absolute atomic E-state index is 0.659. The van der Waals surface area contributed by atoms with Crippen LogP contribution < -0.4 is 10.4 Å². The molecule has 0 spiro atoms. The van der Waals surface area contributed by atoms with Gasteiger partial charge in [0.15, 0.2) is 6.71 Å². The molecule has 0 amide bonds.